The molecule has 0 atom stereocenters. The van der Waals surface area contributed by atoms with Gasteiger partial charge in [0.25, 0.3) is 0 Å². The number of aromatic hydroxyl groups is 1. The predicted molar refractivity (Wildman–Crippen MR) is 68.0 cm³/mol. The van der Waals surface area contributed by atoms with Crippen LogP contribution < -0.4 is 5.32 Å². The van der Waals surface area contributed by atoms with E-state index in [0.29, 0.717) is 11.2 Å². The minimum atomic E-state index is 0.333. The first-order valence-corrected chi connectivity index (χ1v) is 6.22. The molecule has 1 aromatic carbocycles. The highest BCUT2D eigenvalue weighted by molar-refractivity contribution is 5.26. The van der Waals surface area contributed by atoms with Gasteiger partial charge < -0.3 is 15.2 Å². The summed E-state index contributed by atoms with van der Waals surface area (Å²) < 4.78 is 5.29. The molecule has 1 aliphatic rings. The highest BCUT2D eigenvalue weighted by Crippen LogP contribution is 2.40. The molecule has 0 radical (unpaired) electrons. The van der Waals surface area contributed by atoms with E-state index >= 15 is 0 Å². The molecule has 0 spiro atoms. The summed E-state index contributed by atoms with van der Waals surface area (Å²) in [7, 11) is 1.77. The van der Waals surface area contributed by atoms with Gasteiger partial charge in [-0.1, -0.05) is 18.6 Å². The van der Waals surface area contributed by atoms with Crippen LogP contribution in [0.4, 0.5) is 0 Å². The van der Waals surface area contributed by atoms with Crippen molar-refractivity contribution in [3.05, 3.63) is 29.8 Å². The van der Waals surface area contributed by atoms with Crippen molar-refractivity contribution in [2.24, 2.45) is 5.41 Å². The molecular formula is C14H21NO2. The predicted octanol–water partition coefficient (Wildman–Crippen LogP) is 2.30. The van der Waals surface area contributed by atoms with Crippen molar-refractivity contribution in [1.82, 2.24) is 5.32 Å². The van der Waals surface area contributed by atoms with Crippen LogP contribution in [-0.4, -0.2) is 25.4 Å². The molecule has 2 rings (SSSR count). The summed E-state index contributed by atoms with van der Waals surface area (Å²) >= 11 is 0. The van der Waals surface area contributed by atoms with Crippen molar-refractivity contribution in [3.8, 4) is 5.75 Å². The monoisotopic (exact) mass is 235 g/mol. The molecule has 1 aliphatic carbocycles. The molecule has 1 aromatic rings. The van der Waals surface area contributed by atoms with E-state index in [2.05, 4.69) is 5.32 Å². The van der Waals surface area contributed by atoms with Gasteiger partial charge in [-0.15, -0.1) is 0 Å². The Bertz CT molecular complexity index is 361. The number of nitrogens with one attached hydrogen (secondary N) is 1. The van der Waals surface area contributed by atoms with E-state index in [4.69, 9.17) is 4.74 Å². The van der Waals surface area contributed by atoms with Crippen molar-refractivity contribution in [3.63, 3.8) is 0 Å². The van der Waals surface area contributed by atoms with Crippen LogP contribution in [0.2, 0.25) is 0 Å². The lowest BCUT2D eigenvalue weighted by Crippen LogP contribution is -2.43. The van der Waals surface area contributed by atoms with Gasteiger partial charge in [0.1, 0.15) is 5.75 Å². The van der Waals surface area contributed by atoms with Crippen LogP contribution in [0.5, 0.6) is 5.75 Å². The Labute approximate surface area is 103 Å². The number of hydrogen-bond donors (Lipinski definition) is 2. The molecule has 0 aromatic heterocycles. The first-order chi connectivity index (χ1) is 8.24. The molecule has 0 amide bonds. The first-order valence-electron chi connectivity index (χ1n) is 6.22. The van der Waals surface area contributed by atoms with Crippen molar-refractivity contribution in [2.75, 3.05) is 20.3 Å². The number of phenols is 1. The highest BCUT2D eigenvalue weighted by Gasteiger charge is 2.36. The number of phenolic OH excluding ortho intramolecular Hbond substituents is 1. The lowest BCUT2D eigenvalue weighted by molar-refractivity contribution is 0.0177. The molecule has 3 heteroatoms. The van der Waals surface area contributed by atoms with E-state index < -0.39 is 0 Å². The summed E-state index contributed by atoms with van der Waals surface area (Å²) in [5, 5.41) is 12.8. The second-order valence-corrected chi connectivity index (χ2v) is 5.06. The quantitative estimate of drug-likeness (QED) is 0.795. The fourth-order valence-corrected chi connectivity index (χ4v) is 2.49. The van der Waals surface area contributed by atoms with Gasteiger partial charge in [0.15, 0.2) is 0 Å². The third-order valence-electron chi connectivity index (χ3n) is 3.60. The molecule has 94 valence electrons. The summed E-state index contributed by atoms with van der Waals surface area (Å²) in [6.45, 7) is 2.65. The van der Waals surface area contributed by atoms with Crippen LogP contribution in [0.3, 0.4) is 0 Å². The van der Waals surface area contributed by atoms with Crippen LogP contribution in [0.1, 0.15) is 24.8 Å². The maximum Gasteiger partial charge on any atom is 0.115 e. The summed E-state index contributed by atoms with van der Waals surface area (Å²) in [6, 6.07) is 7.40. The summed E-state index contributed by atoms with van der Waals surface area (Å²) in [6.07, 6.45) is 3.83. The minimum absolute atomic E-state index is 0.333. The van der Waals surface area contributed by atoms with Gasteiger partial charge in [-0.05, 0) is 30.5 Å². The molecule has 0 aliphatic heterocycles. The number of hydrogen-bond acceptors (Lipinski definition) is 3. The van der Waals surface area contributed by atoms with Crippen molar-refractivity contribution in [2.45, 2.75) is 25.8 Å². The Morgan fingerprint density at radius 3 is 2.82 bits per heavy atom. The van der Waals surface area contributed by atoms with Crippen LogP contribution in [0.15, 0.2) is 24.3 Å². The topological polar surface area (TPSA) is 41.5 Å². The van der Waals surface area contributed by atoms with Gasteiger partial charge in [-0.25, -0.2) is 0 Å². The molecule has 2 N–H and O–H groups in total. The maximum absolute atomic E-state index is 9.37. The van der Waals surface area contributed by atoms with E-state index in [0.717, 1.165) is 25.3 Å². The lowest BCUT2D eigenvalue weighted by atomic mass is 9.69. The average molecular weight is 235 g/mol. The molecule has 0 saturated heterocycles. The van der Waals surface area contributed by atoms with Gasteiger partial charge in [-0.3, -0.25) is 0 Å². The third-order valence-corrected chi connectivity index (χ3v) is 3.60. The lowest BCUT2D eigenvalue weighted by Gasteiger charge is -2.41. The average Bonchev–Trinajstić information content (AvgIpc) is 2.26. The van der Waals surface area contributed by atoms with Gasteiger partial charge in [0.2, 0.25) is 0 Å². The Kier molecular flexibility index (Phi) is 4.02. The van der Waals surface area contributed by atoms with Gasteiger partial charge >= 0.3 is 0 Å². The second kappa shape index (κ2) is 5.52. The summed E-state index contributed by atoms with van der Waals surface area (Å²) in [5.41, 5.74) is 1.47. The largest absolute Gasteiger partial charge is 0.508 e. The summed E-state index contributed by atoms with van der Waals surface area (Å²) in [4.78, 5) is 0. The standard InChI is InChI=1S/C14H21NO2/c1-17-11-14(6-3-7-14)10-15-9-12-4-2-5-13(16)8-12/h2,4-5,8,15-16H,3,6-7,9-11H2,1H3. The molecular weight excluding hydrogens is 214 g/mol. The molecule has 3 nitrogen and oxygen atoms in total. The fraction of sp³-hybridized carbons (Fsp3) is 0.571. The third kappa shape index (κ3) is 3.20. The zero-order valence-corrected chi connectivity index (χ0v) is 10.4. The zero-order valence-electron chi connectivity index (χ0n) is 10.4. The zero-order chi connectivity index (χ0) is 12.1. The Hall–Kier alpha value is -1.06. The fourth-order valence-electron chi connectivity index (χ4n) is 2.49. The van der Waals surface area contributed by atoms with Crippen molar-refractivity contribution >= 4 is 0 Å². The van der Waals surface area contributed by atoms with Crippen LogP contribution in [0.25, 0.3) is 0 Å². The van der Waals surface area contributed by atoms with E-state index in [1.165, 1.54) is 19.3 Å². The van der Waals surface area contributed by atoms with E-state index in [9.17, 15) is 5.11 Å². The van der Waals surface area contributed by atoms with E-state index in [-0.39, 0.29) is 0 Å². The van der Waals surface area contributed by atoms with Crippen molar-refractivity contribution < 1.29 is 9.84 Å². The van der Waals surface area contributed by atoms with Gasteiger partial charge in [0, 0.05) is 25.6 Å². The normalized spacial score (nSPS) is 17.7. The number of methoxy groups -OCH3 is 1. The molecule has 0 unspecified atom stereocenters. The minimum Gasteiger partial charge on any atom is -0.508 e. The highest BCUT2D eigenvalue weighted by atomic mass is 16.5. The second-order valence-electron chi connectivity index (χ2n) is 5.06. The first kappa shape index (κ1) is 12.4. The molecule has 17 heavy (non-hydrogen) atoms. The molecule has 1 saturated carbocycles. The number of ether oxygens (including phenoxy) is 1. The Balaban J connectivity index is 1.79. The molecule has 0 bridgehead atoms. The van der Waals surface area contributed by atoms with Crippen LogP contribution >= 0.6 is 0 Å². The maximum atomic E-state index is 9.37. The molecule has 0 heterocycles. The summed E-state index contributed by atoms with van der Waals surface area (Å²) in [5.74, 6) is 0.333. The van der Waals surface area contributed by atoms with E-state index in [1.54, 1.807) is 19.2 Å². The smallest absolute Gasteiger partial charge is 0.115 e. The van der Waals surface area contributed by atoms with Crippen LogP contribution in [0, 0.1) is 5.41 Å². The van der Waals surface area contributed by atoms with E-state index in [1.807, 2.05) is 12.1 Å². The number of rotatable bonds is 6. The van der Waals surface area contributed by atoms with Crippen molar-refractivity contribution in [1.29, 1.82) is 0 Å². The van der Waals surface area contributed by atoms with Gasteiger partial charge in [0.05, 0.1) is 6.61 Å². The molecule has 1 fully saturated rings. The van der Waals surface area contributed by atoms with Crippen LogP contribution in [-0.2, 0) is 11.3 Å². The SMILES string of the molecule is COCC1(CNCc2cccc(O)c2)CCC1. The Morgan fingerprint density at radius 1 is 1.41 bits per heavy atom. The van der Waals surface area contributed by atoms with Gasteiger partial charge in [-0.2, -0.15) is 0 Å². The number of benzene rings is 1. The Morgan fingerprint density at radius 2 is 2.24 bits per heavy atom.